The normalized spacial score (nSPS) is 14.9. The summed E-state index contributed by atoms with van der Waals surface area (Å²) in [6, 6.07) is 13.2. The Morgan fingerprint density at radius 1 is 0.684 bits per heavy atom. The molecule has 0 bridgehead atoms. The Balaban J connectivity index is 0.000000194. The standard InChI is InChI=1S/C26H25F3N6.C15H15ClF2N4/c1-15-12-34(14-31-15)19-9-8-16(10-18(19)28)11-21-32-24(30-4)22-25(33-21)35(13-26(22,2)3)20-7-5-6-17(27)23(20)29;1-15(2)7-22(9-6-4-5-8(17)11(9)18)13-10(15)12(19-3)20-14(16)21-13/h5-10,12,14H,11,13H2,1-4H3,(H,30,32,33);4-6H,7H2,1-3H3,(H,19,20,21). The molecular weight excluding hydrogens is 763 g/mol. The zero-order chi connectivity index (χ0) is 41.0. The van der Waals surface area contributed by atoms with Crippen molar-refractivity contribution in [3.63, 3.8) is 0 Å². The highest BCUT2D eigenvalue weighted by atomic mass is 35.5. The molecule has 0 radical (unpaired) electrons. The molecule has 0 saturated heterocycles. The zero-order valence-corrected chi connectivity index (χ0v) is 33.1. The van der Waals surface area contributed by atoms with Crippen molar-refractivity contribution in [3.8, 4) is 5.69 Å². The van der Waals surface area contributed by atoms with Crippen molar-refractivity contribution in [2.75, 3.05) is 47.6 Å². The van der Waals surface area contributed by atoms with Crippen LogP contribution in [0.15, 0.2) is 67.1 Å². The second-order valence-electron chi connectivity index (χ2n) is 15.2. The summed E-state index contributed by atoms with van der Waals surface area (Å²) in [5.74, 6) is -1.35. The lowest BCUT2D eigenvalue weighted by molar-refractivity contribution is 0.505. The average molecular weight is 803 g/mol. The van der Waals surface area contributed by atoms with Gasteiger partial charge in [0, 0.05) is 61.8 Å². The number of nitrogens with zero attached hydrogens (tertiary/aromatic N) is 8. The van der Waals surface area contributed by atoms with Crippen molar-refractivity contribution in [2.45, 2.75) is 51.9 Å². The van der Waals surface area contributed by atoms with Gasteiger partial charge in [0.05, 0.1) is 29.1 Å². The van der Waals surface area contributed by atoms with Crippen LogP contribution in [0.5, 0.6) is 0 Å². The Kier molecular flexibility index (Phi) is 10.3. The molecule has 5 heterocycles. The van der Waals surface area contributed by atoms with Gasteiger partial charge in [-0.2, -0.15) is 4.98 Å². The first kappa shape index (κ1) is 39.4. The summed E-state index contributed by atoms with van der Waals surface area (Å²) >= 11 is 5.97. The van der Waals surface area contributed by atoms with E-state index in [2.05, 4.69) is 30.6 Å². The highest BCUT2D eigenvalue weighted by molar-refractivity contribution is 6.28. The summed E-state index contributed by atoms with van der Waals surface area (Å²) in [6.45, 7) is 10.7. The van der Waals surface area contributed by atoms with Gasteiger partial charge in [0.15, 0.2) is 23.3 Å². The number of hydrogen-bond acceptors (Lipinski definition) is 9. The third-order valence-electron chi connectivity index (χ3n) is 10.1. The Labute approximate surface area is 331 Å². The van der Waals surface area contributed by atoms with Gasteiger partial charge in [-0.15, -0.1) is 0 Å². The fourth-order valence-corrected chi connectivity index (χ4v) is 7.66. The van der Waals surface area contributed by atoms with E-state index in [9.17, 15) is 22.0 Å². The second-order valence-corrected chi connectivity index (χ2v) is 15.5. The predicted octanol–water partition coefficient (Wildman–Crippen LogP) is 9.33. The zero-order valence-electron chi connectivity index (χ0n) is 32.3. The van der Waals surface area contributed by atoms with E-state index >= 15 is 0 Å². The Hall–Kier alpha value is -5.83. The van der Waals surface area contributed by atoms with Crippen LogP contribution < -0.4 is 20.4 Å². The molecule has 296 valence electrons. The number of fused-ring (bicyclic) bond motifs is 2. The number of anilines is 6. The number of nitrogens with one attached hydrogen (secondary N) is 2. The molecule has 0 saturated carbocycles. The van der Waals surface area contributed by atoms with Crippen LogP contribution in [0.4, 0.5) is 56.6 Å². The van der Waals surface area contributed by atoms with Crippen molar-refractivity contribution in [2.24, 2.45) is 0 Å². The molecule has 2 aliphatic rings. The molecule has 0 amide bonds. The lowest BCUT2D eigenvalue weighted by atomic mass is 9.88. The summed E-state index contributed by atoms with van der Waals surface area (Å²) in [6.07, 6.45) is 3.59. The number of rotatable bonds is 7. The number of aryl methyl sites for hydroxylation is 1. The Morgan fingerprint density at radius 2 is 1.23 bits per heavy atom. The van der Waals surface area contributed by atoms with Crippen LogP contribution in [0.1, 0.15) is 55.9 Å². The minimum Gasteiger partial charge on any atom is -0.373 e. The minimum absolute atomic E-state index is 0.0580. The first-order chi connectivity index (χ1) is 27.0. The maximum Gasteiger partial charge on any atom is 0.226 e. The summed E-state index contributed by atoms with van der Waals surface area (Å²) in [5.41, 5.74) is 3.05. The summed E-state index contributed by atoms with van der Waals surface area (Å²) in [4.78, 5) is 25.3. The van der Waals surface area contributed by atoms with E-state index in [4.69, 9.17) is 16.6 Å². The Bertz CT molecular complexity index is 2510. The van der Waals surface area contributed by atoms with Gasteiger partial charge in [0.1, 0.15) is 34.9 Å². The van der Waals surface area contributed by atoms with Gasteiger partial charge in [-0.05, 0) is 60.5 Å². The van der Waals surface area contributed by atoms with Gasteiger partial charge in [-0.1, -0.05) is 45.9 Å². The first-order valence-electron chi connectivity index (χ1n) is 18.1. The van der Waals surface area contributed by atoms with Crippen LogP contribution in [0.25, 0.3) is 5.69 Å². The highest BCUT2D eigenvalue weighted by Gasteiger charge is 2.42. The summed E-state index contributed by atoms with van der Waals surface area (Å²) in [5, 5.41) is 6.17. The molecule has 0 unspecified atom stereocenters. The van der Waals surface area contributed by atoms with Gasteiger partial charge in [-0.3, -0.25) is 0 Å². The molecule has 3 aromatic carbocycles. The van der Waals surface area contributed by atoms with E-state index in [1.165, 1.54) is 30.3 Å². The number of benzene rings is 3. The molecule has 0 spiro atoms. The van der Waals surface area contributed by atoms with Crippen molar-refractivity contribution >= 4 is 46.2 Å². The molecule has 2 aliphatic heterocycles. The third-order valence-corrected chi connectivity index (χ3v) is 10.2. The quantitative estimate of drug-likeness (QED) is 0.121. The first-order valence-corrected chi connectivity index (χ1v) is 18.5. The van der Waals surface area contributed by atoms with Gasteiger partial charge >= 0.3 is 0 Å². The van der Waals surface area contributed by atoms with E-state index in [1.54, 1.807) is 47.1 Å². The van der Waals surface area contributed by atoms with E-state index in [-0.39, 0.29) is 34.3 Å². The van der Waals surface area contributed by atoms with Gasteiger partial charge in [0.2, 0.25) is 5.28 Å². The number of aromatic nitrogens is 6. The molecule has 10 nitrogen and oxygen atoms in total. The van der Waals surface area contributed by atoms with Crippen LogP contribution >= 0.6 is 11.6 Å². The molecule has 0 fully saturated rings. The predicted molar refractivity (Wildman–Crippen MR) is 212 cm³/mol. The molecular formula is C41H40ClF5N10. The number of hydrogen-bond donors (Lipinski definition) is 2. The van der Waals surface area contributed by atoms with Gasteiger partial charge in [0.25, 0.3) is 0 Å². The maximum absolute atomic E-state index is 14.9. The molecule has 6 aromatic rings. The minimum atomic E-state index is -0.922. The third kappa shape index (κ3) is 7.31. The fourth-order valence-electron chi connectivity index (χ4n) is 7.50. The second kappa shape index (κ2) is 14.9. The van der Waals surface area contributed by atoms with Crippen molar-refractivity contribution in [1.29, 1.82) is 0 Å². The summed E-state index contributed by atoms with van der Waals surface area (Å²) < 4.78 is 73.0. The van der Waals surface area contributed by atoms with Crippen molar-refractivity contribution < 1.29 is 22.0 Å². The molecule has 0 atom stereocenters. The molecule has 0 aliphatic carbocycles. The highest BCUT2D eigenvalue weighted by Crippen LogP contribution is 2.48. The molecule has 16 heteroatoms. The monoisotopic (exact) mass is 802 g/mol. The van der Waals surface area contributed by atoms with Crippen LogP contribution in [-0.4, -0.2) is 56.7 Å². The van der Waals surface area contributed by atoms with E-state index < -0.39 is 28.7 Å². The molecule has 57 heavy (non-hydrogen) atoms. The SMILES string of the molecule is CNc1nc(Cc2ccc(-n3cnc(C)c3)c(F)c2)nc2c1C(C)(C)CN2c1cccc(F)c1F.CNc1nc(Cl)nc2c1C(C)(C)CN2c1cccc(F)c1F. The van der Waals surface area contributed by atoms with Crippen LogP contribution in [0.3, 0.4) is 0 Å². The lowest BCUT2D eigenvalue weighted by Gasteiger charge is -2.22. The van der Waals surface area contributed by atoms with Crippen LogP contribution in [0.2, 0.25) is 5.28 Å². The average Bonchev–Trinajstić information content (AvgIpc) is 3.80. The number of imidazole rings is 1. The smallest absolute Gasteiger partial charge is 0.226 e. The van der Waals surface area contributed by atoms with Crippen molar-refractivity contribution in [3.05, 3.63) is 130 Å². The maximum atomic E-state index is 14.9. The number of halogens is 6. The van der Waals surface area contributed by atoms with Crippen LogP contribution in [-0.2, 0) is 17.3 Å². The van der Waals surface area contributed by atoms with Gasteiger partial charge in [-0.25, -0.2) is 41.9 Å². The lowest BCUT2D eigenvalue weighted by Crippen LogP contribution is -2.26. The van der Waals surface area contributed by atoms with E-state index in [0.29, 0.717) is 53.4 Å². The molecule has 8 rings (SSSR count). The summed E-state index contributed by atoms with van der Waals surface area (Å²) in [7, 11) is 3.50. The molecule has 3 aromatic heterocycles. The van der Waals surface area contributed by atoms with Crippen molar-refractivity contribution in [1.82, 2.24) is 29.5 Å². The fraction of sp³-hybridized carbons (Fsp3) is 0.293. The van der Waals surface area contributed by atoms with E-state index in [1.807, 2.05) is 40.7 Å². The van der Waals surface area contributed by atoms with Gasteiger partial charge < -0.3 is 25.0 Å². The Morgan fingerprint density at radius 3 is 1.74 bits per heavy atom. The topological polar surface area (TPSA) is 99.9 Å². The largest absolute Gasteiger partial charge is 0.373 e. The van der Waals surface area contributed by atoms with Crippen LogP contribution in [0, 0.1) is 36.0 Å². The van der Waals surface area contributed by atoms with E-state index in [0.717, 1.165) is 29.0 Å². The molecule has 2 N–H and O–H groups in total.